The largest absolute Gasteiger partial charge is 0.396 e. The fraction of sp³-hybridized carbons (Fsp3) is 0.941. The summed E-state index contributed by atoms with van der Waals surface area (Å²) >= 11 is 0. The van der Waals surface area contributed by atoms with Crippen LogP contribution in [0.5, 0.6) is 0 Å². The molecule has 0 radical (unpaired) electrons. The van der Waals surface area contributed by atoms with E-state index in [1.165, 1.54) is 6.42 Å². The van der Waals surface area contributed by atoms with E-state index in [4.69, 9.17) is 0 Å². The summed E-state index contributed by atoms with van der Waals surface area (Å²) in [4.78, 5) is 14.0. The van der Waals surface area contributed by atoms with Crippen molar-refractivity contribution in [2.75, 3.05) is 26.2 Å². The van der Waals surface area contributed by atoms with Crippen molar-refractivity contribution >= 4 is 6.03 Å². The van der Waals surface area contributed by atoms with Crippen molar-refractivity contribution in [1.29, 1.82) is 0 Å². The first-order valence-corrected chi connectivity index (χ1v) is 8.45. The van der Waals surface area contributed by atoms with Crippen molar-refractivity contribution in [1.82, 2.24) is 10.2 Å². The van der Waals surface area contributed by atoms with Crippen LogP contribution in [0.25, 0.3) is 0 Å². The topological polar surface area (TPSA) is 52.6 Å². The molecule has 1 rings (SSSR count). The van der Waals surface area contributed by atoms with Crippen LogP contribution in [0.15, 0.2) is 0 Å². The van der Waals surface area contributed by atoms with Gasteiger partial charge in [0.25, 0.3) is 0 Å². The number of unbranched alkanes of at least 4 members (excludes halogenated alkanes) is 1. The van der Waals surface area contributed by atoms with Gasteiger partial charge in [0.15, 0.2) is 0 Å². The van der Waals surface area contributed by atoms with Crippen LogP contribution in [-0.2, 0) is 0 Å². The highest BCUT2D eigenvalue weighted by molar-refractivity contribution is 5.74. The van der Waals surface area contributed by atoms with E-state index in [1.54, 1.807) is 0 Å². The number of amides is 2. The lowest BCUT2D eigenvalue weighted by molar-refractivity contribution is 0.0520. The molecule has 2 N–H and O–H groups in total. The van der Waals surface area contributed by atoms with Gasteiger partial charge in [0.05, 0.1) is 0 Å². The molecular formula is C17H34N2O2. The van der Waals surface area contributed by atoms with Crippen molar-refractivity contribution in [2.24, 2.45) is 10.8 Å². The maximum Gasteiger partial charge on any atom is 0.317 e. The van der Waals surface area contributed by atoms with Crippen LogP contribution in [0.4, 0.5) is 4.79 Å². The summed E-state index contributed by atoms with van der Waals surface area (Å²) in [5.41, 5.74) is 0.425. The fourth-order valence-electron chi connectivity index (χ4n) is 2.90. The van der Waals surface area contributed by atoms with E-state index in [-0.39, 0.29) is 18.1 Å². The first kappa shape index (κ1) is 18.3. The van der Waals surface area contributed by atoms with Crippen molar-refractivity contribution < 1.29 is 9.90 Å². The molecule has 1 aliphatic heterocycles. The Bertz CT molecular complexity index is 309. The molecule has 1 fully saturated rings. The van der Waals surface area contributed by atoms with Crippen LogP contribution in [0, 0.1) is 10.8 Å². The number of piperidine rings is 1. The average molecular weight is 298 g/mol. The van der Waals surface area contributed by atoms with E-state index < -0.39 is 0 Å². The van der Waals surface area contributed by atoms with Gasteiger partial charge < -0.3 is 15.3 Å². The highest BCUT2D eigenvalue weighted by Gasteiger charge is 2.33. The molecule has 1 saturated heterocycles. The van der Waals surface area contributed by atoms with Crippen LogP contribution < -0.4 is 5.32 Å². The third-order valence-electron chi connectivity index (χ3n) is 4.83. The number of aliphatic hydroxyl groups is 1. The van der Waals surface area contributed by atoms with Gasteiger partial charge >= 0.3 is 6.03 Å². The summed E-state index contributed by atoms with van der Waals surface area (Å²) in [6.45, 7) is 11.4. The second-order valence-electron chi connectivity index (χ2n) is 7.75. The van der Waals surface area contributed by atoms with Crippen molar-refractivity contribution in [3.05, 3.63) is 0 Å². The van der Waals surface area contributed by atoms with Gasteiger partial charge in [0, 0.05) is 26.2 Å². The van der Waals surface area contributed by atoms with E-state index in [2.05, 4.69) is 33.0 Å². The summed E-state index contributed by atoms with van der Waals surface area (Å²) < 4.78 is 0. The number of carbonyl (C=O) groups is 1. The SMILES string of the molecule is CCC1(CO)CCN(C(=O)NCCCCC(C)(C)C)CC1. The molecular weight excluding hydrogens is 264 g/mol. The van der Waals surface area contributed by atoms with Crippen LogP contribution in [0.1, 0.15) is 66.2 Å². The number of carbonyl (C=O) groups excluding carboxylic acids is 1. The zero-order valence-electron chi connectivity index (χ0n) is 14.4. The van der Waals surface area contributed by atoms with Gasteiger partial charge in [0.2, 0.25) is 0 Å². The van der Waals surface area contributed by atoms with E-state index in [0.29, 0.717) is 5.41 Å². The van der Waals surface area contributed by atoms with Gasteiger partial charge in [0.1, 0.15) is 0 Å². The molecule has 0 aromatic heterocycles. The van der Waals surface area contributed by atoms with E-state index in [1.807, 2.05) is 4.90 Å². The molecule has 4 heteroatoms. The number of likely N-dealkylation sites (tertiary alicyclic amines) is 1. The van der Waals surface area contributed by atoms with E-state index >= 15 is 0 Å². The van der Waals surface area contributed by atoms with E-state index in [9.17, 15) is 9.90 Å². The predicted molar refractivity (Wildman–Crippen MR) is 87.3 cm³/mol. The number of hydrogen-bond acceptors (Lipinski definition) is 2. The zero-order chi connectivity index (χ0) is 15.9. The molecule has 21 heavy (non-hydrogen) atoms. The summed E-state index contributed by atoms with van der Waals surface area (Å²) in [6, 6.07) is 0.0633. The molecule has 0 bridgehead atoms. The van der Waals surface area contributed by atoms with Gasteiger partial charge in [-0.2, -0.15) is 0 Å². The Labute approximate surface area is 130 Å². The van der Waals surface area contributed by atoms with Crippen LogP contribution in [0.2, 0.25) is 0 Å². The number of hydrogen-bond donors (Lipinski definition) is 2. The van der Waals surface area contributed by atoms with Crippen LogP contribution in [-0.4, -0.2) is 42.3 Å². The maximum absolute atomic E-state index is 12.1. The standard InChI is InChI=1S/C17H34N2O2/c1-5-17(14-20)9-12-19(13-10-17)15(21)18-11-7-6-8-16(2,3)4/h20H,5-14H2,1-4H3,(H,18,21). The molecule has 0 atom stereocenters. The third kappa shape index (κ3) is 6.25. The van der Waals surface area contributed by atoms with Crippen molar-refractivity contribution in [2.45, 2.75) is 66.2 Å². The van der Waals surface area contributed by atoms with Gasteiger partial charge in [-0.15, -0.1) is 0 Å². The molecule has 1 heterocycles. The quantitative estimate of drug-likeness (QED) is 0.738. The second-order valence-corrected chi connectivity index (χ2v) is 7.75. The normalized spacial score (nSPS) is 18.6. The predicted octanol–water partition coefficient (Wildman–Crippen LogP) is 3.40. The Morgan fingerprint density at radius 1 is 1.24 bits per heavy atom. The fourth-order valence-corrected chi connectivity index (χ4v) is 2.90. The van der Waals surface area contributed by atoms with Crippen LogP contribution >= 0.6 is 0 Å². The number of urea groups is 1. The molecule has 2 amide bonds. The first-order chi connectivity index (χ1) is 9.82. The summed E-state index contributed by atoms with van der Waals surface area (Å²) in [5.74, 6) is 0. The lowest BCUT2D eigenvalue weighted by atomic mass is 9.77. The maximum atomic E-state index is 12.1. The molecule has 0 aromatic rings. The molecule has 124 valence electrons. The molecule has 1 aliphatic rings. The lowest BCUT2D eigenvalue weighted by Crippen LogP contribution is -2.48. The lowest BCUT2D eigenvalue weighted by Gasteiger charge is -2.40. The minimum atomic E-state index is 0.0451. The highest BCUT2D eigenvalue weighted by Crippen LogP contribution is 2.34. The second kappa shape index (κ2) is 8.02. The van der Waals surface area contributed by atoms with Crippen LogP contribution in [0.3, 0.4) is 0 Å². The van der Waals surface area contributed by atoms with Crippen molar-refractivity contribution in [3.63, 3.8) is 0 Å². The molecule has 0 aliphatic carbocycles. The van der Waals surface area contributed by atoms with Gasteiger partial charge in [-0.1, -0.05) is 34.1 Å². The highest BCUT2D eigenvalue weighted by atomic mass is 16.3. The van der Waals surface area contributed by atoms with Gasteiger partial charge in [-0.3, -0.25) is 0 Å². The monoisotopic (exact) mass is 298 g/mol. The van der Waals surface area contributed by atoms with Crippen molar-refractivity contribution in [3.8, 4) is 0 Å². The molecule has 0 aromatic carbocycles. The Balaban J connectivity index is 2.20. The number of rotatable bonds is 6. The number of nitrogens with one attached hydrogen (secondary N) is 1. The third-order valence-corrected chi connectivity index (χ3v) is 4.83. The van der Waals surface area contributed by atoms with Gasteiger partial charge in [-0.05, 0) is 42.9 Å². The number of nitrogens with zero attached hydrogens (tertiary/aromatic N) is 1. The Morgan fingerprint density at radius 3 is 2.33 bits per heavy atom. The Hall–Kier alpha value is -0.770. The first-order valence-electron chi connectivity index (χ1n) is 8.45. The Kier molecular flexibility index (Phi) is 6.98. The van der Waals surface area contributed by atoms with Gasteiger partial charge in [-0.25, -0.2) is 4.79 Å². The molecule has 0 spiro atoms. The summed E-state index contributed by atoms with van der Waals surface area (Å²) in [5, 5.41) is 12.5. The smallest absolute Gasteiger partial charge is 0.317 e. The molecule has 0 saturated carbocycles. The summed E-state index contributed by atoms with van der Waals surface area (Å²) in [6.07, 6.45) is 6.22. The molecule has 4 nitrogen and oxygen atoms in total. The average Bonchev–Trinajstić information content (AvgIpc) is 2.45. The minimum absolute atomic E-state index is 0.0451. The minimum Gasteiger partial charge on any atom is -0.396 e. The zero-order valence-corrected chi connectivity index (χ0v) is 14.4. The summed E-state index contributed by atoms with van der Waals surface area (Å²) in [7, 11) is 0. The molecule has 0 unspecified atom stereocenters. The van der Waals surface area contributed by atoms with E-state index in [0.717, 1.165) is 51.7 Å². The Morgan fingerprint density at radius 2 is 1.86 bits per heavy atom. The number of aliphatic hydroxyl groups excluding tert-OH is 1.